The molecule has 0 aromatic rings. The van der Waals surface area contributed by atoms with Gasteiger partial charge in [-0.25, -0.2) is 0 Å². The highest BCUT2D eigenvalue weighted by Crippen LogP contribution is 2.23. The Hall–Kier alpha value is -0.610. The van der Waals surface area contributed by atoms with Gasteiger partial charge in [-0.1, -0.05) is 181 Å². The fraction of sp³-hybridized carbons (Fsp3) is 0.976. The highest BCUT2D eigenvalue weighted by molar-refractivity contribution is 5.69. The van der Waals surface area contributed by atoms with Crippen molar-refractivity contribution in [1.82, 2.24) is 9.80 Å². The van der Waals surface area contributed by atoms with E-state index in [0.717, 1.165) is 44.8 Å². The monoisotopic (exact) mass is 651 g/mol. The maximum absolute atomic E-state index is 12.5. The van der Waals surface area contributed by atoms with Gasteiger partial charge in [0.1, 0.15) is 0 Å². The highest BCUT2D eigenvalue weighted by atomic mass is 16.5. The average Bonchev–Trinajstić information content (AvgIpc) is 3.04. The van der Waals surface area contributed by atoms with Crippen LogP contribution in [0.15, 0.2) is 0 Å². The second-order valence-corrected chi connectivity index (χ2v) is 15.0. The molecule has 0 aromatic carbocycles. The Morgan fingerprint density at radius 2 is 0.848 bits per heavy atom. The molecule has 0 bridgehead atoms. The largest absolute Gasteiger partial charge is 0.466 e. The Morgan fingerprint density at radius 1 is 0.457 bits per heavy atom. The van der Waals surface area contributed by atoms with E-state index >= 15 is 0 Å². The minimum absolute atomic E-state index is 0.0328. The molecule has 0 aliphatic heterocycles. The number of unbranched alkanes of at least 4 members (excludes halogenated alkanes) is 22. The summed E-state index contributed by atoms with van der Waals surface area (Å²) in [6, 6.07) is 0. The fourth-order valence-electron chi connectivity index (χ4n) is 6.73. The van der Waals surface area contributed by atoms with Gasteiger partial charge in [0.15, 0.2) is 0 Å². The van der Waals surface area contributed by atoms with Gasteiger partial charge in [0.25, 0.3) is 0 Å². The number of hydrogen-bond acceptors (Lipinski definition) is 4. The van der Waals surface area contributed by atoms with Crippen molar-refractivity contribution in [1.29, 1.82) is 0 Å². The molecule has 0 atom stereocenters. The van der Waals surface area contributed by atoms with Crippen molar-refractivity contribution >= 4 is 5.97 Å². The van der Waals surface area contributed by atoms with Gasteiger partial charge in [-0.2, -0.15) is 0 Å². The predicted molar refractivity (Wildman–Crippen MR) is 205 cm³/mol. The smallest absolute Gasteiger partial charge is 0.305 e. The van der Waals surface area contributed by atoms with Crippen LogP contribution in [0.1, 0.15) is 213 Å². The maximum Gasteiger partial charge on any atom is 0.305 e. The van der Waals surface area contributed by atoms with E-state index in [0.29, 0.717) is 13.0 Å². The molecule has 0 radical (unpaired) electrons. The van der Waals surface area contributed by atoms with Gasteiger partial charge >= 0.3 is 5.97 Å². The molecule has 46 heavy (non-hydrogen) atoms. The van der Waals surface area contributed by atoms with Crippen LogP contribution in [0.25, 0.3) is 0 Å². The molecule has 0 aliphatic carbocycles. The summed E-state index contributed by atoms with van der Waals surface area (Å²) < 4.78 is 5.78. The number of nitrogens with zero attached hydrogens (tertiary/aromatic N) is 2. The Bertz CT molecular complexity index is 576. The standard InChI is InChI=1S/C42H86N2O2/c1-6-9-12-15-18-20-23-27-32-41(33-28-24-21-19-16-13-10-7-2)35-40-46-42(45)34-29-26-31-37-44(39-38-43(4)5)36-30-25-22-17-14-11-8-3/h41H,6-40H2,1-5H3. The lowest BCUT2D eigenvalue weighted by molar-refractivity contribution is -0.144. The van der Waals surface area contributed by atoms with Crippen LogP contribution in [0.2, 0.25) is 0 Å². The van der Waals surface area contributed by atoms with Gasteiger partial charge in [0.2, 0.25) is 0 Å². The Morgan fingerprint density at radius 3 is 1.28 bits per heavy atom. The van der Waals surface area contributed by atoms with E-state index in [4.69, 9.17) is 4.74 Å². The molecule has 4 heteroatoms. The summed E-state index contributed by atoms with van der Waals surface area (Å²) >= 11 is 0. The third-order valence-corrected chi connectivity index (χ3v) is 10.0. The van der Waals surface area contributed by atoms with Crippen LogP contribution < -0.4 is 0 Å². The Kier molecular flexibility index (Phi) is 36.7. The maximum atomic E-state index is 12.5. The minimum atomic E-state index is 0.0328. The first-order chi connectivity index (χ1) is 22.5. The minimum Gasteiger partial charge on any atom is -0.466 e. The van der Waals surface area contributed by atoms with Crippen LogP contribution in [-0.2, 0) is 9.53 Å². The van der Waals surface area contributed by atoms with E-state index in [9.17, 15) is 4.79 Å². The van der Waals surface area contributed by atoms with Crippen LogP contribution >= 0.6 is 0 Å². The third-order valence-electron chi connectivity index (χ3n) is 10.0. The molecule has 0 aromatic heterocycles. The topological polar surface area (TPSA) is 32.8 Å². The number of carbonyl (C=O) groups excluding carboxylic acids is 1. The summed E-state index contributed by atoms with van der Waals surface area (Å²) in [6.07, 6.45) is 39.4. The molecular formula is C42H86N2O2. The number of carbonyl (C=O) groups is 1. The quantitative estimate of drug-likeness (QED) is 0.0492. The van der Waals surface area contributed by atoms with Gasteiger partial charge in [-0.3, -0.25) is 4.79 Å². The number of likely N-dealkylation sites (N-methyl/N-ethyl adjacent to an activating group) is 1. The summed E-state index contributed by atoms with van der Waals surface area (Å²) in [7, 11) is 4.35. The van der Waals surface area contributed by atoms with Gasteiger partial charge in [-0.05, 0) is 58.8 Å². The van der Waals surface area contributed by atoms with Crippen LogP contribution in [0, 0.1) is 5.92 Å². The zero-order valence-electron chi connectivity index (χ0n) is 32.5. The molecule has 0 saturated carbocycles. The summed E-state index contributed by atoms with van der Waals surface area (Å²) in [6.45, 7) is 12.2. The summed E-state index contributed by atoms with van der Waals surface area (Å²) in [4.78, 5) is 17.5. The SMILES string of the molecule is CCCCCCCCCCC(CCCCCCCCCC)CCOC(=O)CCCCCN(CCCCCCCCC)CCN(C)C. The Balaban J connectivity index is 4.23. The molecule has 0 aliphatic rings. The highest BCUT2D eigenvalue weighted by Gasteiger charge is 2.12. The van der Waals surface area contributed by atoms with Gasteiger partial charge in [0.05, 0.1) is 6.61 Å². The number of ether oxygens (including phenoxy) is 1. The summed E-state index contributed by atoms with van der Waals surface area (Å²) in [5.41, 5.74) is 0. The van der Waals surface area contributed by atoms with Gasteiger partial charge in [0, 0.05) is 19.5 Å². The van der Waals surface area contributed by atoms with Crippen LogP contribution in [0.3, 0.4) is 0 Å². The predicted octanol–water partition coefficient (Wildman–Crippen LogP) is 12.8. The van der Waals surface area contributed by atoms with Crippen molar-refractivity contribution in [2.75, 3.05) is 46.9 Å². The summed E-state index contributed by atoms with van der Waals surface area (Å²) in [5.74, 6) is 0.767. The van der Waals surface area contributed by atoms with Crippen molar-refractivity contribution in [3.8, 4) is 0 Å². The third kappa shape index (κ3) is 34.7. The second-order valence-electron chi connectivity index (χ2n) is 15.0. The van der Waals surface area contributed by atoms with Crippen LogP contribution in [-0.4, -0.2) is 62.7 Å². The van der Waals surface area contributed by atoms with Crippen LogP contribution in [0.5, 0.6) is 0 Å². The molecule has 0 saturated heterocycles. The van der Waals surface area contributed by atoms with E-state index in [1.54, 1.807) is 0 Å². The average molecular weight is 651 g/mol. The van der Waals surface area contributed by atoms with E-state index in [1.807, 2.05) is 0 Å². The van der Waals surface area contributed by atoms with Crippen molar-refractivity contribution < 1.29 is 9.53 Å². The first-order valence-electron chi connectivity index (χ1n) is 21.1. The first-order valence-corrected chi connectivity index (χ1v) is 21.1. The molecule has 0 heterocycles. The Labute approximate surface area is 290 Å². The normalized spacial score (nSPS) is 11.8. The molecule has 4 nitrogen and oxygen atoms in total. The van der Waals surface area contributed by atoms with E-state index in [1.165, 1.54) is 173 Å². The molecule has 0 fully saturated rings. The number of hydrogen-bond donors (Lipinski definition) is 0. The molecule has 0 N–H and O–H groups in total. The zero-order chi connectivity index (χ0) is 33.8. The van der Waals surface area contributed by atoms with Crippen molar-refractivity contribution in [3.05, 3.63) is 0 Å². The number of rotatable bonds is 38. The second kappa shape index (κ2) is 37.2. The lowest BCUT2D eigenvalue weighted by Gasteiger charge is -2.24. The molecular weight excluding hydrogens is 564 g/mol. The molecule has 0 unspecified atom stereocenters. The molecule has 0 amide bonds. The van der Waals surface area contributed by atoms with Crippen molar-refractivity contribution in [2.45, 2.75) is 213 Å². The molecule has 276 valence electrons. The summed E-state index contributed by atoms with van der Waals surface area (Å²) in [5, 5.41) is 0. The zero-order valence-corrected chi connectivity index (χ0v) is 32.5. The molecule has 0 rings (SSSR count). The van der Waals surface area contributed by atoms with Crippen molar-refractivity contribution in [2.24, 2.45) is 5.92 Å². The number of esters is 1. The lowest BCUT2D eigenvalue weighted by atomic mass is 9.91. The fourth-order valence-corrected chi connectivity index (χ4v) is 6.73. The van der Waals surface area contributed by atoms with E-state index in [2.05, 4.69) is 44.7 Å². The van der Waals surface area contributed by atoms with Crippen LogP contribution in [0.4, 0.5) is 0 Å². The van der Waals surface area contributed by atoms with Gasteiger partial charge in [-0.15, -0.1) is 0 Å². The molecule has 0 spiro atoms. The van der Waals surface area contributed by atoms with Gasteiger partial charge < -0.3 is 14.5 Å². The lowest BCUT2D eigenvalue weighted by Crippen LogP contribution is -2.33. The van der Waals surface area contributed by atoms with Crippen molar-refractivity contribution in [3.63, 3.8) is 0 Å². The van der Waals surface area contributed by atoms with E-state index in [-0.39, 0.29) is 5.97 Å². The van der Waals surface area contributed by atoms with E-state index < -0.39 is 0 Å². The first kappa shape index (κ1) is 45.4.